The number of hydrogen-bond acceptors (Lipinski definition) is 3. The van der Waals surface area contributed by atoms with Crippen LogP contribution >= 0.6 is 11.8 Å². The first-order valence-electron chi connectivity index (χ1n) is 13.8. The molecule has 1 saturated carbocycles. The first kappa shape index (κ1) is 28.0. The predicted octanol–water partition coefficient (Wildman–Crippen LogP) is 6.63. The molecular weight excluding hydrogens is 488 g/mol. The minimum absolute atomic E-state index is 0.00223. The molecule has 4 nitrogen and oxygen atoms in total. The number of carbonyl (C=O) groups excluding carboxylic acids is 2. The summed E-state index contributed by atoms with van der Waals surface area (Å²) in [4.78, 5) is 29.5. The van der Waals surface area contributed by atoms with Crippen LogP contribution in [0.25, 0.3) is 0 Å². The van der Waals surface area contributed by atoms with E-state index < -0.39 is 6.04 Å². The highest BCUT2D eigenvalue weighted by atomic mass is 32.2. The van der Waals surface area contributed by atoms with Crippen LogP contribution in [-0.4, -0.2) is 34.6 Å². The zero-order chi connectivity index (χ0) is 26.7. The molecular formula is C33H40N2O2S. The normalized spacial score (nSPS) is 14.6. The first-order chi connectivity index (χ1) is 18.5. The van der Waals surface area contributed by atoms with E-state index in [1.165, 1.54) is 23.1 Å². The van der Waals surface area contributed by atoms with Crippen LogP contribution in [0.5, 0.6) is 0 Å². The van der Waals surface area contributed by atoms with Crippen LogP contribution in [0.3, 0.4) is 0 Å². The van der Waals surface area contributed by atoms with Gasteiger partial charge in [0.2, 0.25) is 11.8 Å². The fourth-order valence-corrected chi connectivity index (χ4v) is 5.88. The lowest BCUT2D eigenvalue weighted by molar-refractivity contribution is -0.139. The van der Waals surface area contributed by atoms with Crippen molar-refractivity contribution in [3.8, 4) is 0 Å². The Balaban J connectivity index is 1.55. The Morgan fingerprint density at radius 3 is 2.05 bits per heavy atom. The first-order valence-corrected chi connectivity index (χ1v) is 15.0. The molecule has 3 aromatic rings. The Labute approximate surface area is 232 Å². The molecule has 1 unspecified atom stereocenters. The van der Waals surface area contributed by atoms with Crippen molar-refractivity contribution in [1.29, 1.82) is 0 Å². The van der Waals surface area contributed by atoms with E-state index in [1.54, 1.807) is 11.8 Å². The Kier molecular flexibility index (Phi) is 10.5. The summed E-state index contributed by atoms with van der Waals surface area (Å²) in [5, 5.41) is 3.32. The zero-order valence-electron chi connectivity index (χ0n) is 22.7. The third kappa shape index (κ3) is 8.49. The van der Waals surface area contributed by atoms with E-state index >= 15 is 0 Å². The molecule has 4 rings (SSSR count). The van der Waals surface area contributed by atoms with Crippen LogP contribution in [0.15, 0.2) is 78.9 Å². The van der Waals surface area contributed by atoms with E-state index in [2.05, 4.69) is 67.7 Å². The Morgan fingerprint density at radius 2 is 1.42 bits per heavy atom. The van der Waals surface area contributed by atoms with Gasteiger partial charge in [-0.1, -0.05) is 109 Å². The van der Waals surface area contributed by atoms with Crippen LogP contribution in [0.2, 0.25) is 0 Å². The number of amides is 2. The van der Waals surface area contributed by atoms with Crippen molar-refractivity contribution in [2.45, 2.75) is 76.8 Å². The second-order valence-electron chi connectivity index (χ2n) is 10.5. The van der Waals surface area contributed by atoms with Gasteiger partial charge in [-0.15, -0.1) is 11.8 Å². The summed E-state index contributed by atoms with van der Waals surface area (Å²) in [5.41, 5.74) is 5.71. The third-order valence-electron chi connectivity index (χ3n) is 7.31. The maximum Gasteiger partial charge on any atom is 0.243 e. The fraction of sp³-hybridized carbons (Fsp3) is 0.394. The van der Waals surface area contributed by atoms with Crippen LogP contribution in [-0.2, 0) is 28.3 Å². The van der Waals surface area contributed by atoms with Gasteiger partial charge in [-0.2, -0.15) is 0 Å². The molecule has 5 heteroatoms. The van der Waals surface area contributed by atoms with Gasteiger partial charge in [0, 0.05) is 24.8 Å². The van der Waals surface area contributed by atoms with Crippen molar-refractivity contribution < 1.29 is 9.59 Å². The molecule has 0 radical (unpaired) electrons. The predicted molar refractivity (Wildman–Crippen MR) is 158 cm³/mol. The van der Waals surface area contributed by atoms with Crippen LogP contribution in [0, 0.1) is 13.8 Å². The number of aryl methyl sites for hydroxylation is 2. The molecule has 0 aliphatic heterocycles. The summed E-state index contributed by atoms with van der Waals surface area (Å²) in [7, 11) is 0. The quantitative estimate of drug-likeness (QED) is 0.304. The lowest BCUT2D eigenvalue weighted by Gasteiger charge is -2.33. The van der Waals surface area contributed by atoms with Crippen molar-refractivity contribution in [2.75, 3.05) is 5.75 Å². The highest BCUT2D eigenvalue weighted by molar-refractivity contribution is 7.99. The molecule has 1 fully saturated rings. The van der Waals surface area contributed by atoms with Crippen LogP contribution in [0.1, 0.15) is 59.9 Å². The van der Waals surface area contributed by atoms with Gasteiger partial charge in [0.1, 0.15) is 6.04 Å². The summed E-state index contributed by atoms with van der Waals surface area (Å²) >= 11 is 1.61. The fourth-order valence-electron chi connectivity index (χ4n) is 5.01. The molecule has 0 heterocycles. The smallest absolute Gasteiger partial charge is 0.243 e. The Hall–Kier alpha value is -3.05. The van der Waals surface area contributed by atoms with Gasteiger partial charge in [-0.3, -0.25) is 9.59 Å². The van der Waals surface area contributed by atoms with E-state index in [9.17, 15) is 9.59 Å². The van der Waals surface area contributed by atoms with E-state index in [0.29, 0.717) is 18.7 Å². The van der Waals surface area contributed by atoms with Gasteiger partial charge in [-0.25, -0.2) is 0 Å². The summed E-state index contributed by atoms with van der Waals surface area (Å²) < 4.78 is 0. The SMILES string of the molecule is Cc1ccc(CSCC(=O)N(Cc2ccc(C)cc2)C(Cc2ccccc2)C(=O)NC2CCCCC2)cc1. The summed E-state index contributed by atoms with van der Waals surface area (Å²) in [5.74, 6) is 1.07. The number of benzene rings is 3. The minimum atomic E-state index is -0.562. The molecule has 0 spiro atoms. The standard InChI is InChI=1S/C33H40N2O2S/c1-25-13-17-28(18-14-25)22-35(32(36)24-38-23-29-19-15-26(2)16-20-29)31(21-27-9-5-3-6-10-27)33(37)34-30-11-7-4-8-12-30/h3,5-6,9-10,13-20,30-31H,4,7-8,11-12,21-24H2,1-2H3,(H,34,37). The number of nitrogens with one attached hydrogen (secondary N) is 1. The summed E-state index contributed by atoms with van der Waals surface area (Å²) in [6.07, 6.45) is 6.06. The van der Waals surface area contributed by atoms with Gasteiger partial charge < -0.3 is 10.2 Å². The Morgan fingerprint density at radius 1 is 0.816 bits per heavy atom. The molecule has 2 amide bonds. The monoisotopic (exact) mass is 528 g/mol. The average molecular weight is 529 g/mol. The number of rotatable bonds is 11. The van der Waals surface area contributed by atoms with Crippen molar-refractivity contribution >= 4 is 23.6 Å². The van der Waals surface area contributed by atoms with E-state index in [-0.39, 0.29) is 17.9 Å². The molecule has 1 aliphatic rings. The lowest BCUT2D eigenvalue weighted by atomic mass is 9.94. The third-order valence-corrected chi connectivity index (χ3v) is 8.30. The zero-order valence-corrected chi connectivity index (χ0v) is 23.5. The second-order valence-corrected chi connectivity index (χ2v) is 11.5. The molecule has 1 aliphatic carbocycles. The molecule has 38 heavy (non-hydrogen) atoms. The largest absolute Gasteiger partial charge is 0.352 e. The average Bonchev–Trinajstić information content (AvgIpc) is 2.94. The molecule has 1 atom stereocenters. The number of thioether (sulfide) groups is 1. The molecule has 3 aromatic carbocycles. The summed E-state index contributed by atoms with van der Waals surface area (Å²) in [6.45, 7) is 4.55. The molecule has 0 bridgehead atoms. The number of hydrogen-bond donors (Lipinski definition) is 1. The maximum absolute atomic E-state index is 13.8. The molecule has 200 valence electrons. The van der Waals surface area contributed by atoms with Gasteiger partial charge >= 0.3 is 0 Å². The molecule has 0 saturated heterocycles. The summed E-state index contributed by atoms with van der Waals surface area (Å²) in [6, 6.07) is 26.4. The van der Waals surface area contributed by atoms with Gasteiger partial charge in [0.25, 0.3) is 0 Å². The van der Waals surface area contributed by atoms with Gasteiger partial charge in [-0.05, 0) is 43.4 Å². The lowest BCUT2D eigenvalue weighted by Crippen LogP contribution is -2.53. The highest BCUT2D eigenvalue weighted by Gasteiger charge is 2.31. The van der Waals surface area contributed by atoms with Crippen LogP contribution < -0.4 is 5.32 Å². The molecule has 1 N–H and O–H groups in total. The van der Waals surface area contributed by atoms with Crippen molar-refractivity contribution in [1.82, 2.24) is 10.2 Å². The van der Waals surface area contributed by atoms with Gasteiger partial charge in [0.15, 0.2) is 0 Å². The minimum Gasteiger partial charge on any atom is -0.352 e. The molecule has 0 aromatic heterocycles. The van der Waals surface area contributed by atoms with E-state index in [1.807, 2.05) is 35.2 Å². The number of carbonyl (C=O) groups is 2. The second kappa shape index (κ2) is 14.2. The van der Waals surface area contributed by atoms with E-state index in [0.717, 1.165) is 42.6 Å². The van der Waals surface area contributed by atoms with E-state index in [4.69, 9.17) is 0 Å². The van der Waals surface area contributed by atoms with Crippen LogP contribution in [0.4, 0.5) is 0 Å². The van der Waals surface area contributed by atoms with Crippen molar-refractivity contribution in [3.05, 3.63) is 107 Å². The maximum atomic E-state index is 13.8. The number of nitrogens with zero attached hydrogens (tertiary/aromatic N) is 1. The Bertz CT molecular complexity index is 1160. The topological polar surface area (TPSA) is 49.4 Å². The van der Waals surface area contributed by atoms with Crippen molar-refractivity contribution in [2.24, 2.45) is 0 Å². The van der Waals surface area contributed by atoms with Crippen molar-refractivity contribution in [3.63, 3.8) is 0 Å². The van der Waals surface area contributed by atoms with Gasteiger partial charge in [0.05, 0.1) is 5.75 Å². The highest BCUT2D eigenvalue weighted by Crippen LogP contribution is 2.21.